The monoisotopic (exact) mass is 513 g/mol. The summed E-state index contributed by atoms with van der Waals surface area (Å²) in [5.41, 5.74) is 11.1. The van der Waals surface area contributed by atoms with E-state index in [-0.39, 0.29) is 11.9 Å². The lowest BCUT2D eigenvalue weighted by Crippen LogP contribution is -2.11. The fourth-order valence-electron chi connectivity index (χ4n) is 5.21. The van der Waals surface area contributed by atoms with Gasteiger partial charge in [0.05, 0.1) is 28.8 Å². The minimum atomic E-state index is 0.0118. The van der Waals surface area contributed by atoms with Gasteiger partial charge in [0.2, 0.25) is 5.91 Å². The molecule has 1 atom stereocenters. The molecule has 39 heavy (non-hydrogen) atoms. The van der Waals surface area contributed by atoms with Crippen molar-refractivity contribution >= 4 is 28.1 Å². The van der Waals surface area contributed by atoms with Crippen molar-refractivity contribution in [3.8, 4) is 22.5 Å². The third-order valence-electron chi connectivity index (χ3n) is 7.30. The van der Waals surface area contributed by atoms with Gasteiger partial charge in [-0.2, -0.15) is 5.10 Å². The van der Waals surface area contributed by atoms with E-state index in [1.54, 1.807) is 12.4 Å². The molecule has 7 rings (SSSR count). The van der Waals surface area contributed by atoms with E-state index in [4.69, 9.17) is 5.10 Å². The van der Waals surface area contributed by atoms with Crippen LogP contribution >= 0.6 is 0 Å². The molecule has 1 aromatic carbocycles. The number of rotatable bonds is 7. The summed E-state index contributed by atoms with van der Waals surface area (Å²) < 4.78 is 0. The average Bonchev–Trinajstić information content (AvgIpc) is 3.45. The van der Waals surface area contributed by atoms with Gasteiger partial charge in [0.15, 0.2) is 0 Å². The number of unbranched alkanes of at least 4 members (excludes halogenated alkanes) is 1. The number of benzene rings is 1. The summed E-state index contributed by atoms with van der Waals surface area (Å²) in [7, 11) is 0. The van der Waals surface area contributed by atoms with E-state index in [0.717, 1.165) is 68.7 Å². The van der Waals surface area contributed by atoms with Crippen LogP contribution in [0.5, 0.6) is 0 Å². The fourth-order valence-corrected chi connectivity index (χ4v) is 5.21. The van der Waals surface area contributed by atoms with Crippen molar-refractivity contribution in [3.63, 3.8) is 0 Å². The van der Waals surface area contributed by atoms with Crippen molar-refractivity contribution < 1.29 is 4.79 Å². The number of nitrogens with one attached hydrogen (secondary N) is 4. The maximum Gasteiger partial charge on any atom is 0.224 e. The van der Waals surface area contributed by atoms with Gasteiger partial charge in [-0.05, 0) is 54.0 Å². The van der Waals surface area contributed by atoms with Crippen molar-refractivity contribution in [1.82, 2.24) is 30.5 Å². The number of aromatic nitrogens is 5. The normalized spacial score (nSPS) is 15.5. The van der Waals surface area contributed by atoms with E-state index < -0.39 is 0 Å². The minimum Gasteiger partial charge on any atom is -0.373 e. The Morgan fingerprint density at radius 2 is 1.92 bits per heavy atom. The molecule has 8 heteroatoms. The van der Waals surface area contributed by atoms with Crippen LogP contribution in [-0.2, 0) is 4.79 Å². The molecule has 4 aromatic heterocycles. The van der Waals surface area contributed by atoms with Gasteiger partial charge in [0, 0.05) is 52.8 Å². The van der Waals surface area contributed by atoms with Crippen LogP contribution in [0.3, 0.4) is 0 Å². The molecule has 0 saturated carbocycles. The molecule has 0 spiro atoms. The number of aromatic amines is 2. The molecular weight excluding hydrogens is 486 g/mol. The van der Waals surface area contributed by atoms with Gasteiger partial charge in [-0.1, -0.05) is 31.6 Å². The maximum absolute atomic E-state index is 12.2. The summed E-state index contributed by atoms with van der Waals surface area (Å²) in [6, 6.07) is 14.6. The second kappa shape index (κ2) is 9.40. The zero-order valence-electron chi connectivity index (χ0n) is 21.5. The fraction of sp³-hybridized carbons (Fsp3) is 0.161. The number of H-pyrrole nitrogens is 2. The van der Waals surface area contributed by atoms with Crippen molar-refractivity contribution in [1.29, 1.82) is 0 Å². The number of pyridine rings is 2. The summed E-state index contributed by atoms with van der Waals surface area (Å²) in [6.45, 7) is 2.08. The standard InChI is InChI=1S/C31H27N7O/c1-2-3-6-28(39)34-21-12-20(16-33-17-21)18-7-9-25-24(13-18)29(38-37-25)27-14-23-22(19-5-4-11-32-15-19)8-10-26-31(35-26)30(23)36-27/h4-5,7-17,31,35-36H,2-3,6H2,1H3,(H,34,39)(H,37,38). The first kappa shape index (κ1) is 23.2. The molecule has 0 radical (unpaired) electrons. The molecule has 8 nitrogen and oxygen atoms in total. The minimum absolute atomic E-state index is 0.0118. The molecule has 0 bridgehead atoms. The molecule has 192 valence electrons. The average molecular weight is 514 g/mol. The Morgan fingerprint density at radius 3 is 2.79 bits per heavy atom. The number of allylic oxidation sites excluding steroid dienone is 2. The molecule has 1 amide bonds. The van der Waals surface area contributed by atoms with Crippen LogP contribution in [0.15, 0.2) is 85.1 Å². The smallest absolute Gasteiger partial charge is 0.224 e. The highest BCUT2D eigenvalue weighted by atomic mass is 16.1. The summed E-state index contributed by atoms with van der Waals surface area (Å²) in [5, 5.41) is 15.3. The Labute approximate surface area is 225 Å². The summed E-state index contributed by atoms with van der Waals surface area (Å²) in [6.07, 6.45) is 13.9. The Morgan fingerprint density at radius 1 is 1.00 bits per heavy atom. The zero-order valence-corrected chi connectivity index (χ0v) is 21.5. The van der Waals surface area contributed by atoms with E-state index in [9.17, 15) is 4.79 Å². The number of hydrogen-bond donors (Lipinski definition) is 4. The lowest BCUT2D eigenvalue weighted by atomic mass is 9.98. The van der Waals surface area contributed by atoms with E-state index in [1.165, 1.54) is 5.70 Å². The lowest BCUT2D eigenvalue weighted by Gasteiger charge is -2.07. The zero-order chi connectivity index (χ0) is 26.3. The molecule has 1 aliphatic heterocycles. The molecule has 1 unspecified atom stereocenters. The Kier molecular flexibility index (Phi) is 5.58. The first-order valence-corrected chi connectivity index (χ1v) is 13.2. The second-order valence-electron chi connectivity index (χ2n) is 9.98. The van der Waals surface area contributed by atoms with Crippen LogP contribution in [0.25, 0.3) is 39.0 Å². The Hall–Kier alpha value is -4.98. The molecule has 2 aliphatic rings. The molecule has 4 N–H and O–H groups in total. The first-order valence-electron chi connectivity index (χ1n) is 13.2. The SMILES string of the molecule is CCCCC(=O)Nc1cncc(-c2ccc3[nH]nc(-c4cc5c([nH]4)C4NC4=CC=C5c4cccnc4)c3c2)c1. The number of nitrogens with zero attached hydrogens (tertiary/aromatic N) is 3. The van der Waals surface area contributed by atoms with E-state index in [1.807, 2.05) is 36.7 Å². The Bertz CT molecular complexity index is 1780. The predicted molar refractivity (Wildman–Crippen MR) is 153 cm³/mol. The van der Waals surface area contributed by atoms with Crippen molar-refractivity contribution in [2.24, 2.45) is 0 Å². The third kappa shape index (κ3) is 4.29. The van der Waals surface area contributed by atoms with Crippen molar-refractivity contribution in [2.75, 3.05) is 5.32 Å². The Balaban J connectivity index is 1.25. The van der Waals surface area contributed by atoms with Crippen molar-refractivity contribution in [2.45, 2.75) is 32.2 Å². The topological polar surface area (TPSA) is 121 Å². The highest BCUT2D eigenvalue weighted by Crippen LogP contribution is 2.44. The van der Waals surface area contributed by atoms with Crippen molar-refractivity contribution in [3.05, 3.63) is 102 Å². The van der Waals surface area contributed by atoms with Gasteiger partial charge in [-0.3, -0.25) is 19.9 Å². The second-order valence-corrected chi connectivity index (χ2v) is 9.98. The number of anilines is 1. The third-order valence-corrected chi connectivity index (χ3v) is 7.30. The van der Waals surface area contributed by atoms with Crippen LogP contribution in [0, 0.1) is 0 Å². The van der Waals surface area contributed by atoms with Crippen LogP contribution in [0.1, 0.15) is 49.0 Å². The molecule has 1 fully saturated rings. The molecular formula is C31H27N7O. The molecule has 1 aliphatic carbocycles. The quantitative estimate of drug-likeness (QED) is 0.195. The largest absolute Gasteiger partial charge is 0.373 e. The molecule has 1 saturated heterocycles. The number of carbonyl (C=O) groups excluding carboxylic acids is 1. The number of fused-ring (bicyclic) bond motifs is 4. The van der Waals surface area contributed by atoms with Gasteiger partial charge in [0.25, 0.3) is 0 Å². The van der Waals surface area contributed by atoms with Crippen LogP contribution in [0.2, 0.25) is 0 Å². The number of hydrogen-bond acceptors (Lipinski definition) is 5. The maximum atomic E-state index is 12.2. The molecule has 5 aromatic rings. The lowest BCUT2D eigenvalue weighted by molar-refractivity contribution is -0.116. The van der Waals surface area contributed by atoms with E-state index in [0.29, 0.717) is 12.1 Å². The first-order chi connectivity index (χ1) is 19.2. The highest BCUT2D eigenvalue weighted by Gasteiger charge is 2.36. The van der Waals surface area contributed by atoms with Gasteiger partial charge >= 0.3 is 0 Å². The van der Waals surface area contributed by atoms with Gasteiger partial charge in [0.1, 0.15) is 11.7 Å². The van der Waals surface area contributed by atoms with E-state index >= 15 is 0 Å². The summed E-state index contributed by atoms with van der Waals surface area (Å²) in [4.78, 5) is 24.6. The summed E-state index contributed by atoms with van der Waals surface area (Å²) in [5.74, 6) is 0.0118. The van der Waals surface area contributed by atoms with Crippen LogP contribution in [0.4, 0.5) is 5.69 Å². The highest BCUT2D eigenvalue weighted by molar-refractivity contribution is 5.97. The molecule has 5 heterocycles. The van der Waals surface area contributed by atoms with Crippen LogP contribution < -0.4 is 10.6 Å². The van der Waals surface area contributed by atoms with Crippen LogP contribution in [-0.4, -0.2) is 31.1 Å². The number of amides is 1. The summed E-state index contributed by atoms with van der Waals surface area (Å²) >= 11 is 0. The van der Waals surface area contributed by atoms with Gasteiger partial charge < -0.3 is 15.6 Å². The predicted octanol–water partition coefficient (Wildman–Crippen LogP) is 6.12. The van der Waals surface area contributed by atoms with Gasteiger partial charge in [-0.15, -0.1) is 0 Å². The van der Waals surface area contributed by atoms with E-state index in [2.05, 4.69) is 68.0 Å². The van der Waals surface area contributed by atoms with Gasteiger partial charge in [-0.25, -0.2) is 0 Å². The number of carbonyl (C=O) groups is 1.